The SMILES string of the molecule is CCOC(=O)[C@H](C)NP(=O)(OC[C@@H]1OC[C@H](n2cnc3c(N)nc(N)nc32)O1)c1ccccc1. The van der Waals surface area contributed by atoms with E-state index in [1.54, 1.807) is 48.7 Å². The van der Waals surface area contributed by atoms with Crippen LogP contribution in [0.25, 0.3) is 11.2 Å². The molecular formula is C20H26N7O6P. The van der Waals surface area contributed by atoms with Gasteiger partial charge in [0.25, 0.3) is 0 Å². The van der Waals surface area contributed by atoms with Crippen LogP contribution in [0, 0.1) is 0 Å². The Morgan fingerprint density at radius 2 is 2.09 bits per heavy atom. The average molecular weight is 491 g/mol. The van der Waals surface area contributed by atoms with Crippen molar-refractivity contribution in [2.75, 3.05) is 31.3 Å². The molecule has 1 saturated heterocycles. The number of nitrogens with one attached hydrogen (secondary N) is 1. The zero-order valence-electron chi connectivity index (χ0n) is 18.7. The highest BCUT2D eigenvalue weighted by Gasteiger charge is 2.35. The van der Waals surface area contributed by atoms with E-state index in [-0.39, 0.29) is 31.6 Å². The summed E-state index contributed by atoms with van der Waals surface area (Å²) in [6.07, 6.45) is 0.0784. The lowest BCUT2D eigenvalue weighted by atomic mass is 10.4. The zero-order valence-corrected chi connectivity index (χ0v) is 19.6. The summed E-state index contributed by atoms with van der Waals surface area (Å²) in [5.74, 6) is -0.370. The highest BCUT2D eigenvalue weighted by Crippen LogP contribution is 2.42. The maximum atomic E-state index is 13.7. The van der Waals surface area contributed by atoms with Gasteiger partial charge in [-0.1, -0.05) is 18.2 Å². The molecule has 2 aromatic heterocycles. The van der Waals surface area contributed by atoms with E-state index in [1.165, 1.54) is 6.33 Å². The van der Waals surface area contributed by atoms with Crippen LogP contribution in [0.2, 0.25) is 0 Å². The molecule has 1 fully saturated rings. The number of fused-ring (bicyclic) bond motifs is 1. The van der Waals surface area contributed by atoms with Crippen molar-refractivity contribution in [3.8, 4) is 0 Å². The summed E-state index contributed by atoms with van der Waals surface area (Å²) in [6.45, 7) is 3.45. The molecule has 1 unspecified atom stereocenters. The summed E-state index contributed by atoms with van der Waals surface area (Å²) in [5.41, 5.74) is 12.4. The predicted molar refractivity (Wildman–Crippen MR) is 123 cm³/mol. The first-order valence-electron chi connectivity index (χ1n) is 10.6. The summed E-state index contributed by atoms with van der Waals surface area (Å²) >= 11 is 0. The minimum atomic E-state index is -3.67. The quantitative estimate of drug-likeness (QED) is 0.285. The number of anilines is 2. The van der Waals surface area contributed by atoms with Gasteiger partial charge < -0.3 is 30.2 Å². The minimum Gasteiger partial charge on any atom is -0.465 e. The monoisotopic (exact) mass is 491 g/mol. The number of nitrogens with two attached hydrogens (primary N) is 2. The van der Waals surface area contributed by atoms with Crippen LogP contribution in [0.3, 0.4) is 0 Å². The van der Waals surface area contributed by atoms with E-state index in [0.717, 1.165) is 0 Å². The number of esters is 1. The Morgan fingerprint density at radius 1 is 1.32 bits per heavy atom. The van der Waals surface area contributed by atoms with Gasteiger partial charge in [0.05, 0.1) is 24.8 Å². The summed E-state index contributed by atoms with van der Waals surface area (Å²) < 4.78 is 37.7. The van der Waals surface area contributed by atoms with Crippen molar-refractivity contribution in [1.29, 1.82) is 0 Å². The van der Waals surface area contributed by atoms with E-state index in [0.29, 0.717) is 16.5 Å². The number of hydrogen-bond donors (Lipinski definition) is 3. The standard InChI is InChI=1S/C20H26N7O6P/c1-3-30-19(28)12(2)26-34(29,13-7-5-4-6-8-13)32-10-15-31-9-14(33-15)27-11-23-16-17(21)24-20(22)25-18(16)27/h4-8,11-12,14-15H,3,9-10H2,1-2H3,(H,26,29)(H4,21,22,24,25)/t12-,14+,15+,34?/m0/s1. The number of hydrogen-bond acceptors (Lipinski definition) is 11. The summed E-state index contributed by atoms with van der Waals surface area (Å²) in [4.78, 5) is 24.4. The number of rotatable bonds is 9. The van der Waals surface area contributed by atoms with E-state index < -0.39 is 32.0 Å². The van der Waals surface area contributed by atoms with Gasteiger partial charge >= 0.3 is 13.5 Å². The first kappa shape index (κ1) is 24.0. The Labute approximate surface area is 195 Å². The number of carbonyl (C=O) groups excluding carboxylic acids is 1. The second kappa shape index (κ2) is 10.0. The normalized spacial score (nSPS) is 20.8. The maximum absolute atomic E-state index is 13.7. The first-order chi connectivity index (χ1) is 16.3. The van der Waals surface area contributed by atoms with Gasteiger partial charge in [-0.05, 0) is 26.0 Å². The number of nitrogen functional groups attached to an aromatic ring is 2. The Balaban J connectivity index is 1.46. The number of imidazole rings is 1. The van der Waals surface area contributed by atoms with Crippen molar-refractivity contribution < 1.29 is 28.1 Å². The largest absolute Gasteiger partial charge is 0.465 e. The second-order valence-corrected chi connectivity index (χ2v) is 9.57. The summed E-state index contributed by atoms with van der Waals surface area (Å²) in [5, 5.41) is 3.17. The molecule has 1 aromatic carbocycles. The van der Waals surface area contributed by atoms with Crippen molar-refractivity contribution in [1.82, 2.24) is 24.6 Å². The third-order valence-corrected chi connectivity index (χ3v) is 7.22. The topological polar surface area (TPSA) is 179 Å². The van der Waals surface area contributed by atoms with Crippen LogP contribution < -0.4 is 21.9 Å². The zero-order chi connectivity index (χ0) is 24.3. The molecule has 1 aliphatic rings. The van der Waals surface area contributed by atoms with Crippen LogP contribution in [-0.2, 0) is 28.1 Å². The molecule has 0 amide bonds. The molecule has 3 aromatic rings. The van der Waals surface area contributed by atoms with Gasteiger partial charge in [0.2, 0.25) is 5.95 Å². The van der Waals surface area contributed by atoms with Gasteiger partial charge in [-0.3, -0.25) is 13.9 Å². The van der Waals surface area contributed by atoms with Gasteiger partial charge in [0.15, 0.2) is 24.0 Å². The van der Waals surface area contributed by atoms with Gasteiger partial charge in [-0.15, -0.1) is 0 Å². The number of aromatic nitrogens is 4. The molecule has 5 N–H and O–H groups in total. The van der Waals surface area contributed by atoms with Crippen LogP contribution in [-0.4, -0.2) is 57.6 Å². The van der Waals surface area contributed by atoms with Crippen molar-refractivity contribution in [2.24, 2.45) is 0 Å². The van der Waals surface area contributed by atoms with E-state index in [2.05, 4.69) is 20.0 Å². The third kappa shape index (κ3) is 5.03. The van der Waals surface area contributed by atoms with E-state index in [9.17, 15) is 9.36 Å². The van der Waals surface area contributed by atoms with Crippen LogP contribution in [0.15, 0.2) is 36.7 Å². The fourth-order valence-electron chi connectivity index (χ4n) is 3.39. The van der Waals surface area contributed by atoms with E-state index in [1.807, 2.05) is 0 Å². The van der Waals surface area contributed by atoms with Gasteiger partial charge in [-0.2, -0.15) is 9.97 Å². The fraction of sp³-hybridized carbons (Fsp3) is 0.400. The molecule has 0 bridgehead atoms. The van der Waals surface area contributed by atoms with Crippen molar-refractivity contribution in [2.45, 2.75) is 32.4 Å². The second-order valence-electron chi connectivity index (χ2n) is 7.43. The molecular weight excluding hydrogens is 465 g/mol. The maximum Gasteiger partial charge on any atom is 0.323 e. The first-order valence-corrected chi connectivity index (χ1v) is 12.2. The van der Waals surface area contributed by atoms with Gasteiger partial charge in [-0.25, -0.2) is 10.1 Å². The van der Waals surface area contributed by atoms with E-state index >= 15 is 0 Å². The molecule has 3 heterocycles. The number of carbonyl (C=O) groups is 1. The highest BCUT2D eigenvalue weighted by atomic mass is 31.2. The third-order valence-electron chi connectivity index (χ3n) is 5.00. The lowest BCUT2D eigenvalue weighted by Crippen LogP contribution is -2.37. The van der Waals surface area contributed by atoms with Crippen molar-refractivity contribution in [3.63, 3.8) is 0 Å². The van der Waals surface area contributed by atoms with E-state index in [4.69, 9.17) is 30.2 Å². The van der Waals surface area contributed by atoms with Crippen LogP contribution >= 0.6 is 7.52 Å². The highest BCUT2D eigenvalue weighted by molar-refractivity contribution is 7.65. The number of benzene rings is 1. The lowest BCUT2D eigenvalue weighted by molar-refractivity contribution is -0.144. The predicted octanol–water partition coefficient (Wildman–Crippen LogP) is 0.939. The smallest absolute Gasteiger partial charge is 0.323 e. The number of nitrogens with zero attached hydrogens (tertiary/aromatic N) is 4. The fourth-order valence-corrected chi connectivity index (χ4v) is 5.28. The molecule has 4 rings (SSSR count). The van der Waals surface area contributed by atoms with Crippen LogP contribution in [0.5, 0.6) is 0 Å². The number of ether oxygens (including phenoxy) is 3. The molecule has 13 nitrogen and oxygen atoms in total. The molecule has 34 heavy (non-hydrogen) atoms. The van der Waals surface area contributed by atoms with Gasteiger partial charge in [0.1, 0.15) is 18.2 Å². The molecule has 1 aliphatic heterocycles. The Morgan fingerprint density at radius 3 is 2.82 bits per heavy atom. The molecule has 0 spiro atoms. The summed E-state index contributed by atoms with van der Waals surface area (Å²) in [7, 11) is -3.67. The van der Waals surface area contributed by atoms with Crippen LogP contribution in [0.4, 0.5) is 11.8 Å². The lowest BCUT2D eigenvalue weighted by Gasteiger charge is -2.24. The Hall–Kier alpha value is -3.09. The molecule has 4 atom stereocenters. The average Bonchev–Trinajstić information content (AvgIpc) is 3.45. The van der Waals surface area contributed by atoms with Crippen molar-refractivity contribution in [3.05, 3.63) is 36.7 Å². The minimum absolute atomic E-state index is 0.0103. The Kier molecular flexibility index (Phi) is 7.10. The molecule has 14 heteroatoms. The summed E-state index contributed by atoms with van der Waals surface area (Å²) in [6, 6.07) is 7.67. The Bertz CT molecular complexity index is 1210. The molecule has 0 saturated carbocycles. The molecule has 0 radical (unpaired) electrons. The van der Waals surface area contributed by atoms with Crippen LogP contribution in [0.1, 0.15) is 20.1 Å². The molecule has 0 aliphatic carbocycles. The molecule has 182 valence electrons. The van der Waals surface area contributed by atoms with Crippen molar-refractivity contribution >= 4 is 41.7 Å². The van der Waals surface area contributed by atoms with Gasteiger partial charge in [0, 0.05) is 0 Å².